The molecule has 0 heterocycles. The summed E-state index contributed by atoms with van der Waals surface area (Å²) in [7, 11) is -4.48. The SMILES string of the molecule is O=S(=O)([O-])c1ccc(NNc2c(N=Nc3ccccc3)ccc3ccccc23)cc1. The second-order valence-electron chi connectivity index (χ2n) is 6.44. The Morgan fingerprint density at radius 1 is 0.700 bits per heavy atom. The van der Waals surface area contributed by atoms with Crippen molar-refractivity contribution in [1.82, 2.24) is 0 Å². The summed E-state index contributed by atoms with van der Waals surface area (Å²) < 4.78 is 33.3. The van der Waals surface area contributed by atoms with Crippen LogP contribution < -0.4 is 10.9 Å². The molecule has 0 aliphatic rings. The Morgan fingerprint density at radius 2 is 1.40 bits per heavy atom. The number of hydrogen-bond donors (Lipinski definition) is 2. The molecule has 0 aliphatic heterocycles. The standard InChI is InChI=1S/C22H18N4O3S/c27-30(28,29)19-13-11-18(12-14-19)24-26-22-20-9-5-4-6-16(20)10-15-21(22)25-23-17-7-2-1-3-8-17/h1-15,24,26H,(H,27,28,29)/p-1. The molecular formula is C22H17N4O3S-. The van der Waals surface area contributed by atoms with Gasteiger partial charge in [-0.25, -0.2) is 8.42 Å². The number of benzene rings is 4. The minimum absolute atomic E-state index is 0.282. The second kappa shape index (κ2) is 8.32. The minimum Gasteiger partial charge on any atom is -0.744 e. The highest BCUT2D eigenvalue weighted by Crippen LogP contribution is 2.34. The van der Waals surface area contributed by atoms with Crippen molar-refractivity contribution >= 4 is 43.6 Å². The van der Waals surface area contributed by atoms with Crippen molar-refractivity contribution in [3.63, 3.8) is 0 Å². The predicted molar refractivity (Wildman–Crippen MR) is 116 cm³/mol. The van der Waals surface area contributed by atoms with Gasteiger partial charge in [0.1, 0.15) is 15.8 Å². The summed E-state index contributed by atoms with van der Waals surface area (Å²) >= 11 is 0. The van der Waals surface area contributed by atoms with Crippen molar-refractivity contribution < 1.29 is 13.0 Å². The average molecular weight is 417 g/mol. The summed E-state index contributed by atoms with van der Waals surface area (Å²) in [5.41, 5.74) is 8.82. The lowest BCUT2D eigenvalue weighted by Crippen LogP contribution is -2.09. The van der Waals surface area contributed by atoms with Crippen molar-refractivity contribution in [2.45, 2.75) is 4.90 Å². The number of azo groups is 1. The van der Waals surface area contributed by atoms with Gasteiger partial charge < -0.3 is 9.98 Å². The van der Waals surface area contributed by atoms with Gasteiger partial charge in [0.2, 0.25) is 0 Å². The van der Waals surface area contributed by atoms with E-state index in [4.69, 9.17) is 0 Å². The van der Waals surface area contributed by atoms with Crippen LogP contribution in [0.25, 0.3) is 10.8 Å². The summed E-state index contributed by atoms with van der Waals surface area (Å²) in [6.07, 6.45) is 0. The van der Waals surface area contributed by atoms with Gasteiger partial charge in [-0.15, -0.1) is 5.11 Å². The van der Waals surface area contributed by atoms with E-state index < -0.39 is 10.1 Å². The van der Waals surface area contributed by atoms with E-state index in [2.05, 4.69) is 21.1 Å². The molecule has 0 aromatic heterocycles. The van der Waals surface area contributed by atoms with Crippen LogP contribution in [0.2, 0.25) is 0 Å². The van der Waals surface area contributed by atoms with Crippen LogP contribution in [-0.4, -0.2) is 13.0 Å². The van der Waals surface area contributed by atoms with Gasteiger partial charge in [-0.2, -0.15) is 5.11 Å². The van der Waals surface area contributed by atoms with Gasteiger partial charge in [-0.05, 0) is 47.9 Å². The molecule has 0 spiro atoms. The third kappa shape index (κ3) is 4.45. The highest BCUT2D eigenvalue weighted by molar-refractivity contribution is 7.85. The molecule has 0 amide bonds. The van der Waals surface area contributed by atoms with E-state index in [0.717, 1.165) is 16.5 Å². The van der Waals surface area contributed by atoms with Crippen LogP contribution in [0.5, 0.6) is 0 Å². The number of nitrogens with zero attached hydrogens (tertiary/aromatic N) is 2. The van der Waals surface area contributed by atoms with Gasteiger partial charge in [0.05, 0.1) is 22.0 Å². The highest BCUT2D eigenvalue weighted by atomic mass is 32.2. The molecule has 0 bridgehead atoms. The monoisotopic (exact) mass is 417 g/mol. The van der Waals surface area contributed by atoms with E-state index in [1.54, 1.807) is 0 Å². The quantitative estimate of drug-likeness (QED) is 0.241. The van der Waals surface area contributed by atoms with Gasteiger partial charge in [-0.3, -0.25) is 5.43 Å². The number of anilines is 2. The lowest BCUT2D eigenvalue weighted by atomic mass is 10.1. The van der Waals surface area contributed by atoms with Crippen LogP contribution in [0.1, 0.15) is 0 Å². The fraction of sp³-hybridized carbons (Fsp3) is 0. The minimum atomic E-state index is -4.48. The molecule has 0 saturated carbocycles. The van der Waals surface area contributed by atoms with E-state index in [9.17, 15) is 13.0 Å². The Bertz CT molecular complexity index is 1310. The number of nitrogens with one attached hydrogen (secondary N) is 2. The molecule has 0 atom stereocenters. The molecule has 4 aromatic carbocycles. The molecular weight excluding hydrogens is 400 g/mol. The first-order valence-corrected chi connectivity index (χ1v) is 10.5. The Kier molecular flexibility index (Phi) is 5.42. The van der Waals surface area contributed by atoms with Crippen molar-refractivity contribution in [2.24, 2.45) is 10.2 Å². The van der Waals surface area contributed by atoms with Gasteiger partial charge in [-0.1, -0.05) is 48.5 Å². The van der Waals surface area contributed by atoms with Gasteiger partial charge in [0.25, 0.3) is 0 Å². The molecule has 0 unspecified atom stereocenters. The zero-order chi connectivity index (χ0) is 21.0. The number of fused-ring (bicyclic) bond motifs is 1. The van der Waals surface area contributed by atoms with E-state index in [1.165, 1.54) is 24.3 Å². The fourth-order valence-electron chi connectivity index (χ4n) is 2.92. The lowest BCUT2D eigenvalue weighted by Gasteiger charge is -2.15. The first kappa shape index (κ1) is 19.6. The molecule has 2 N–H and O–H groups in total. The van der Waals surface area contributed by atoms with Gasteiger partial charge >= 0.3 is 0 Å². The normalized spacial score (nSPS) is 11.6. The van der Waals surface area contributed by atoms with Crippen LogP contribution in [0.3, 0.4) is 0 Å². The number of hydrazine groups is 1. The first-order valence-electron chi connectivity index (χ1n) is 9.07. The molecule has 30 heavy (non-hydrogen) atoms. The van der Waals surface area contributed by atoms with Crippen molar-refractivity contribution in [3.05, 3.63) is 91.0 Å². The zero-order valence-corrected chi connectivity index (χ0v) is 16.5. The molecule has 0 aliphatic carbocycles. The van der Waals surface area contributed by atoms with E-state index in [-0.39, 0.29) is 4.90 Å². The Hall–Kier alpha value is -3.75. The Labute approximate surface area is 173 Å². The first-order chi connectivity index (χ1) is 14.5. The van der Waals surface area contributed by atoms with Crippen LogP contribution in [0.15, 0.2) is 106 Å². The van der Waals surface area contributed by atoms with Crippen LogP contribution in [0.4, 0.5) is 22.7 Å². The maximum atomic E-state index is 11.1. The average Bonchev–Trinajstić information content (AvgIpc) is 2.77. The molecule has 150 valence electrons. The summed E-state index contributed by atoms with van der Waals surface area (Å²) in [6, 6.07) is 26.6. The van der Waals surface area contributed by atoms with Crippen LogP contribution in [0, 0.1) is 0 Å². The van der Waals surface area contributed by atoms with Crippen LogP contribution in [-0.2, 0) is 10.1 Å². The molecule has 4 aromatic rings. The summed E-state index contributed by atoms with van der Waals surface area (Å²) in [5, 5.41) is 10.6. The number of rotatable bonds is 6. The molecule has 0 fully saturated rings. The van der Waals surface area contributed by atoms with E-state index >= 15 is 0 Å². The van der Waals surface area contributed by atoms with E-state index in [1.807, 2.05) is 66.7 Å². The lowest BCUT2D eigenvalue weighted by molar-refractivity contribution is 0.463. The highest BCUT2D eigenvalue weighted by Gasteiger charge is 2.08. The van der Waals surface area contributed by atoms with Gasteiger partial charge in [0, 0.05) is 5.39 Å². The summed E-state index contributed by atoms with van der Waals surface area (Å²) in [4.78, 5) is -0.282. The second-order valence-corrected chi connectivity index (χ2v) is 7.82. The predicted octanol–water partition coefficient (Wildman–Crippen LogP) is 5.60. The summed E-state index contributed by atoms with van der Waals surface area (Å²) in [5.74, 6) is 0. The Morgan fingerprint density at radius 3 is 2.13 bits per heavy atom. The van der Waals surface area contributed by atoms with Crippen LogP contribution >= 0.6 is 0 Å². The van der Waals surface area contributed by atoms with Crippen molar-refractivity contribution in [1.29, 1.82) is 0 Å². The molecule has 8 heteroatoms. The van der Waals surface area contributed by atoms with Crippen molar-refractivity contribution in [2.75, 3.05) is 10.9 Å². The maximum Gasteiger partial charge on any atom is 0.124 e. The largest absolute Gasteiger partial charge is 0.744 e. The molecule has 0 radical (unpaired) electrons. The number of hydrogen-bond acceptors (Lipinski definition) is 7. The Balaban J connectivity index is 1.65. The summed E-state index contributed by atoms with van der Waals surface area (Å²) in [6.45, 7) is 0. The smallest absolute Gasteiger partial charge is 0.124 e. The molecule has 7 nitrogen and oxygen atoms in total. The topological polar surface area (TPSA) is 106 Å². The molecule has 0 saturated heterocycles. The third-order valence-corrected chi connectivity index (χ3v) is 5.26. The molecule has 4 rings (SSSR count). The van der Waals surface area contributed by atoms with Gasteiger partial charge in [0.15, 0.2) is 0 Å². The zero-order valence-electron chi connectivity index (χ0n) is 15.7. The van der Waals surface area contributed by atoms with E-state index in [0.29, 0.717) is 17.1 Å². The maximum absolute atomic E-state index is 11.1. The third-order valence-electron chi connectivity index (χ3n) is 4.41. The van der Waals surface area contributed by atoms with Crippen molar-refractivity contribution in [3.8, 4) is 0 Å². The fourth-order valence-corrected chi connectivity index (χ4v) is 3.39.